The number of ketones is 1. The van der Waals surface area contributed by atoms with Crippen molar-refractivity contribution in [3.63, 3.8) is 0 Å². The largest absolute Gasteiger partial charge is 0.294 e. The lowest BCUT2D eigenvalue weighted by Crippen LogP contribution is -2.00. The second-order valence-electron chi connectivity index (χ2n) is 4.70. The molecule has 1 aromatic carbocycles. The summed E-state index contributed by atoms with van der Waals surface area (Å²) in [5.74, 6) is 0.0625. The van der Waals surface area contributed by atoms with Crippen LogP contribution in [0.1, 0.15) is 34.1 Å². The normalized spacial score (nSPS) is 10.4. The van der Waals surface area contributed by atoms with Gasteiger partial charge in [0.2, 0.25) is 0 Å². The summed E-state index contributed by atoms with van der Waals surface area (Å²) in [6.07, 6.45) is 0. The number of hydrogen-bond acceptors (Lipinski definition) is 2. The van der Waals surface area contributed by atoms with Crippen LogP contribution >= 0.6 is 0 Å². The van der Waals surface area contributed by atoms with Gasteiger partial charge in [-0.25, -0.2) is 0 Å². The summed E-state index contributed by atoms with van der Waals surface area (Å²) >= 11 is 0. The van der Waals surface area contributed by atoms with Crippen molar-refractivity contribution < 1.29 is 4.79 Å². The molecule has 0 aliphatic heterocycles. The highest BCUT2D eigenvalue weighted by atomic mass is 16.1. The Balaban J connectivity index is 2.55. The molecule has 1 heterocycles. The van der Waals surface area contributed by atoms with Crippen molar-refractivity contribution in [3.8, 4) is 11.3 Å². The zero-order chi connectivity index (χ0) is 13.3. The highest BCUT2D eigenvalue weighted by Gasteiger charge is 2.09. The molecule has 0 bridgehead atoms. The van der Waals surface area contributed by atoms with Crippen LogP contribution < -0.4 is 0 Å². The molecule has 18 heavy (non-hydrogen) atoms. The van der Waals surface area contributed by atoms with Crippen molar-refractivity contribution in [1.82, 2.24) is 4.98 Å². The van der Waals surface area contributed by atoms with Gasteiger partial charge in [0, 0.05) is 16.8 Å². The molecule has 0 fully saturated rings. The number of rotatable bonds is 2. The zero-order valence-corrected chi connectivity index (χ0v) is 11.2. The molecule has 0 unspecified atom stereocenters. The van der Waals surface area contributed by atoms with E-state index in [0.29, 0.717) is 5.56 Å². The average Bonchev–Trinajstić information content (AvgIpc) is 2.31. The van der Waals surface area contributed by atoms with Gasteiger partial charge in [0.05, 0.1) is 5.69 Å². The molecule has 2 rings (SSSR count). The molecule has 2 heteroatoms. The molecule has 0 saturated heterocycles. The topological polar surface area (TPSA) is 30.0 Å². The third-order valence-electron chi connectivity index (χ3n) is 3.13. The van der Waals surface area contributed by atoms with E-state index in [1.807, 2.05) is 19.1 Å². The minimum absolute atomic E-state index is 0.0625. The lowest BCUT2D eigenvalue weighted by Gasteiger charge is -2.09. The number of carbonyl (C=O) groups is 1. The molecule has 0 radical (unpaired) electrons. The van der Waals surface area contributed by atoms with Crippen LogP contribution in [0.25, 0.3) is 11.3 Å². The molecular formula is C16H17NO. The van der Waals surface area contributed by atoms with Gasteiger partial charge in [-0.3, -0.25) is 9.78 Å². The standard InChI is InChI=1S/C16H17NO/c1-10-5-6-11(2)15(9-10)16-8-7-14(13(4)18)12(3)17-16/h5-9H,1-4H3. The summed E-state index contributed by atoms with van der Waals surface area (Å²) in [4.78, 5) is 15.9. The summed E-state index contributed by atoms with van der Waals surface area (Å²) in [5.41, 5.74) is 5.96. The van der Waals surface area contributed by atoms with Crippen molar-refractivity contribution in [2.45, 2.75) is 27.7 Å². The van der Waals surface area contributed by atoms with Gasteiger partial charge < -0.3 is 0 Å². The Kier molecular flexibility index (Phi) is 3.28. The Morgan fingerprint density at radius 2 is 1.78 bits per heavy atom. The van der Waals surface area contributed by atoms with Gasteiger partial charge >= 0.3 is 0 Å². The first-order chi connectivity index (χ1) is 8.49. The Bertz CT molecular complexity index is 614. The first kappa shape index (κ1) is 12.5. The van der Waals surface area contributed by atoms with Crippen LogP contribution in [0.4, 0.5) is 0 Å². The van der Waals surface area contributed by atoms with Crippen molar-refractivity contribution >= 4 is 5.78 Å². The fraction of sp³-hybridized carbons (Fsp3) is 0.250. The van der Waals surface area contributed by atoms with Gasteiger partial charge in [0.25, 0.3) is 0 Å². The first-order valence-electron chi connectivity index (χ1n) is 6.05. The second kappa shape index (κ2) is 4.73. The van der Waals surface area contributed by atoms with Crippen molar-refractivity contribution in [3.05, 3.63) is 52.7 Å². The molecule has 2 aromatic rings. The molecule has 1 aromatic heterocycles. The number of aryl methyl sites for hydroxylation is 3. The lowest BCUT2D eigenvalue weighted by atomic mass is 10.0. The minimum atomic E-state index is 0.0625. The lowest BCUT2D eigenvalue weighted by molar-refractivity contribution is 0.101. The summed E-state index contributed by atoms with van der Waals surface area (Å²) in [6, 6.07) is 10.1. The number of benzene rings is 1. The quantitative estimate of drug-likeness (QED) is 0.744. The maximum atomic E-state index is 11.4. The molecule has 0 aliphatic rings. The van der Waals surface area contributed by atoms with E-state index in [-0.39, 0.29) is 5.78 Å². The van der Waals surface area contributed by atoms with Crippen LogP contribution in [0.15, 0.2) is 30.3 Å². The molecule has 0 N–H and O–H groups in total. The highest BCUT2D eigenvalue weighted by Crippen LogP contribution is 2.24. The predicted octanol–water partition coefficient (Wildman–Crippen LogP) is 3.88. The van der Waals surface area contributed by atoms with Crippen molar-refractivity contribution in [2.75, 3.05) is 0 Å². The molecule has 0 aliphatic carbocycles. The summed E-state index contributed by atoms with van der Waals surface area (Å²) in [6.45, 7) is 7.59. The Morgan fingerprint density at radius 3 is 2.39 bits per heavy atom. The fourth-order valence-corrected chi connectivity index (χ4v) is 2.09. The van der Waals surface area contributed by atoms with Gasteiger partial charge in [-0.2, -0.15) is 0 Å². The third kappa shape index (κ3) is 2.33. The molecule has 0 saturated carbocycles. The predicted molar refractivity (Wildman–Crippen MR) is 73.9 cm³/mol. The molecule has 0 amide bonds. The molecule has 2 nitrogen and oxygen atoms in total. The molecule has 0 spiro atoms. The third-order valence-corrected chi connectivity index (χ3v) is 3.13. The molecule has 0 atom stereocenters. The van der Waals surface area contributed by atoms with Crippen LogP contribution in [0, 0.1) is 20.8 Å². The van der Waals surface area contributed by atoms with Gasteiger partial charge in [0.1, 0.15) is 0 Å². The monoisotopic (exact) mass is 239 g/mol. The molecule has 92 valence electrons. The second-order valence-corrected chi connectivity index (χ2v) is 4.70. The summed E-state index contributed by atoms with van der Waals surface area (Å²) in [7, 11) is 0. The number of Topliss-reactive ketones (excluding diaryl/α,β-unsaturated/α-hetero) is 1. The number of aromatic nitrogens is 1. The maximum Gasteiger partial charge on any atom is 0.161 e. The van der Waals surface area contributed by atoms with E-state index < -0.39 is 0 Å². The van der Waals surface area contributed by atoms with Gasteiger partial charge in [0.15, 0.2) is 5.78 Å². The number of carbonyl (C=O) groups excluding carboxylic acids is 1. The number of pyridine rings is 1. The highest BCUT2D eigenvalue weighted by molar-refractivity contribution is 5.95. The Morgan fingerprint density at radius 1 is 1.06 bits per heavy atom. The van der Waals surface area contributed by atoms with E-state index in [1.54, 1.807) is 6.92 Å². The van der Waals surface area contributed by atoms with Crippen LogP contribution in [-0.4, -0.2) is 10.8 Å². The number of nitrogens with zero attached hydrogens (tertiary/aromatic N) is 1. The van der Waals surface area contributed by atoms with Crippen LogP contribution in [0.3, 0.4) is 0 Å². The van der Waals surface area contributed by atoms with Crippen molar-refractivity contribution in [2.24, 2.45) is 0 Å². The summed E-state index contributed by atoms with van der Waals surface area (Å²) < 4.78 is 0. The average molecular weight is 239 g/mol. The maximum absolute atomic E-state index is 11.4. The van der Waals surface area contributed by atoms with Gasteiger partial charge in [-0.15, -0.1) is 0 Å². The first-order valence-corrected chi connectivity index (χ1v) is 6.05. The van der Waals surface area contributed by atoms with Crippen LogP contribution in [0.5, 0.6) is 0 Å². The Labute approximate surface area is 108 Å². The summed E-state index contributed by atoms with van der Waals surface area (Å²) in [5, 5.41) is 0. The molecular weight excluding hydrogens is 222 g/mol. The van der Waals surface area contributed by atoms with Crippen LogP contribution in [0.2, 0.25) is 0 Å². The van der Waals surface area contributed by atoms with Gasteiger partial charge in [-0.1, -0.05) is 17.7 Å². The zero-order valence-electron chi connectivity index (χ0n) is 11.2. The fourth-order valence-electron chi connectivity index (χ4n) is 2.09. The smallest absolute Gasteiger partial charge is 0.161 e. The van der Waals surface area contributed by atoms with Gasteiger partial charge in [-0.05, 0) is 51.5 Å². The van der Waals surface area contributed by atoms with E-state index in [9.17, 15) is 4.79 Å². The van der Waals surface area contributed by atoms with E-state index in [4.69, 9.17) is 0 Å². The van der Waals surface area contributed by atoms with E-state index in [2.05, 4.69) is 37.0 Å². The van der Waals surface area contributed by atoms with Crippen molar-refractivity contribution in [1.29, 1.82) is 0 Å². The Hall–Kier alpha value is -1.96. The van der Waals surface area contributed by atoms with Crippen LogP contribution in [-0.2, 0) is 0 Å². The minimum Gasteiger partial charge on any atom is -0.294 e. The number of hydrogen-bond donors (Lipinski definition) is 0. The SMILES string of the molecule is CC(=O)c1ccc(-c2cc(C)ccc2C)nc1C. The van der Waals surface area contributed by atoms with E-state index in [1.165, 1.54) is 11.1 Å². The van der Waals surface area contributed by atoms with E-state index >= 15 is 0 Å². The van der Waals surface area contributed by atoms with E-state index in [0.717, 1.165) is 17.0 Å².